The average molecular weight is 294 g/mol. The van der Waals surface area contributed by atoms with Crippen molar-refractivity contribution in [2.75, 3.05) is 25.9 Å². The van der Waals surface area contributed by atoms with E-state index in [1.165, 1.54) is 0 Å². The molecule has 0 unspecified atom stereocenters. The number of amides is 1. The Morgan fingerprint density at radius 1 is 1.38 bits per heavy atom. The van der Waals surface area contributed by atoms with E-state index in [1.54, 1.807) is 17.0 Å². The van der Waals surface area contributed by atoms with Crippen molar-refractivity contribution in [1.82, 2.24) is 4.90 Å². The summed E-state index contributed by atoms with van der Waals surface area (Å²) in [6.45, 7) is 5.19. The van der Waals surface area contributed by atoms with Crippen molar-refractivity contribution >= 4 is 11.6 Å². The van der Waals surface area contributed by atoms with Crippen molar-refractivity contribution in [1.29, 1.82) is 0 Å². The van der Waals surface area contributed by atoms with E-state index in [-0.39, 0.29) is 17.3 Å². The molecule has 1 aromatic carbocycles. The molecule has 1 amide bonds. The van der Waals surface area contributed by atoms with E-state index < -0.39 is 0 Å². The monoisotopic (exact) mass is 294 g/mol. The van der Waals surface area contributed by atoms with E-state index in [0.717, 1.165) is 24.9 Å². The topological polar surface area (TPSA) is 75.8 Å². The Hall–Kier alpha value is -1.91. The normalized spacial score (nSPS) is 10.4. The predicted octanol–water partition coefficient (Wildman–Crippen LogP) is 2.56. The highest BCUT2D eigenvalue weighted by atomic mass is 16.5. The highest BCUT2D eigenvalue weighted by molar-refractivity contribution is 5.76. The average Bonchev–Trinajstić information content (AvgIpc) is 2.47. The molecule has 0 bridgehead atoms. The molecular formula is C16H26N2O3. The second kappa shape index (κ2) is 8.39. The Morgan fingerprint density at radius 2 is 2.10 bits per heavy atom. The highest BCUT2D eigenvalue weighted by Crippen LogP contribution is 2.34. The van der Waals surface area contributed by atoms with E-state index in [4.69, 9.17) is 10.5 Å². The third kappa shape index (κ3) is 5.17. The Bertz CT molecular complexity index is 475. The predicted molar refractivity (Wildman–Crippen MR) is 84.6 cm³/mol. The second-order valence-electron chi connectivity index (χ2n) is 5.13. The summed E-state index contributed by atoms with van der Waals surface area (Å²) in [5.41, 5.74) is 6.93. The van der Waals surface area contributed by atoms with Crippen LogP contribution in [0.15, 0.2) is 12.1 Å². The van der Waals surface area contributed by atoms with E-state index >= 15 is 0 Å². The van der Waals surface area contributed by atoms with Gasteiger partial charge in [-0.25, -0.2) is 0 Å². The van der Waals surface area contributed by atoms with Crippen molar-refractivity contribution < 1.29 is 14.6 Å². The molecule has 0 aliphatic carbocycles. The third-order valence-corrected chi connectivity index (χ3v) is 3.36. The van der Waals surface area contributed by atoms with E-state index in [1.807, 2.05) is 14.0 Å². The smallest absolute Gasteiger partial charge is 0.222 e. The van der Waals surface area contributed by atoms with Crippen LogP contribution in [0.4, 0.5) is 5.69 Å². The Morgan fingerprint density at radius 3 is 2.71 bits per heavy atom. The van der Waals surface area contributed by atoms with Crippen LogP contribution in [0.5, 0.6) is 11.5 Å². The number of nitrogens with two attached hydrogens (primary N) is 1. The number of carbonyl (C=O) groups excluding carboxylic acids is 1. The van der Waals surface area contributed by atoms with Gasteiger partial charge in [-0.05, 0) is 37.5 Å². The summed E-state index contributed by atoms with van der Waals surface area (Å²) in [5, 5.41) is 9.79. The van der Waals surface area contributed by atoms with Crippen LogP contribution in [-0.4, -0.2) is 36.1 Å². The van der Waals surface area contributed by atoms with Gasteiger partial charge >= 0.3 is 0 Å². The van der Waals surface area contributed by atoms with Gasteiger partial charge in [-0.1, -0.05) is 13.3 Å². The van der Waals surface area contributed by atoms with Crippen LogP contribution in [0.25, 0.3) is 0 Å². The number of carbonyl (C=O) groups is 1. The number of nitrogens with zero attached hydrogens (tertiary/aromatic N) is 1. The zero-order valence-corrected chi connectivity index (χ0v) is 13.2. The van der Waals surface area contributed by atoms with Crippen LogP contribution < -0.4 is 10.5 Å². The standard InChI is InChI=1S/C16H26N2O3/c1-4-6-9-18(3)15(19)8-7-12-10-13(17)16(20)14(11-12)21-5-2/h10-11,20H,4-9,17H2,1-3H3. The fraction of sp³-hybridized carbons (Fsp3) is 0.562. The van der Waals surface area contributed by atoms with E-state index in [2.05, 4.69) is 6.92 Å². The van der Waals surface area contributed by atoms with Crippen molar-refractivity contribution in [3.63, 3.8) is 0 Å². The van der Waals surface area contributed by atoms with Crippen LogP contribution in [-0.2, 0) is 11.2 Å². The zero-order chi connectivity index (χ0) is 15.8. The van der Waals surface area contributed by atoms with E-state index in [0.29, 0.717) is 25.2 Å². The van der Waals surface area contributed by atoms with Gasteiger partial charge in [-0.2, -0.15) is 0 Å². The summed E-state index contributed by atoms with van der Waals surface area (Å²) in [7, 11) is 1.83. The van der Waals surface area contributed by atoms with Crippen LogP contribution >= 0.6 is 0 Å². The zero-order valence-electron chi connectivity index (χ0n) is 13.2. The van der Waals surface area contributed by atoms with Crippen LogP contribution in [0, 0.1) is 0 Å². The molecule has 0 heterocycles. The minimum Gasteiger partial charge on any atom is -0.503 e. The lowest BCUT2D eigenvalue weighted by atomic mass is 10.1. The Labute approximate surface area is 126 Å². The summed E-state index contributed by atoms with van der Waals surface area (Å²) in [5.74, 6) is 0.458. The first-order valence-corrected chi connectivity index (χ1v) is 7.47. The molecule has 0 aromatic heterocycles. The lowest BCUT2D eigenvalue weighted by Gasteiger charge is -2.17. The van der Waals surface area contributed by atoms with Crippen molar-refractivity contribution in [3.8, 4) is 11.5 Å². The lowest BCUT2D eigenvalue weighted by molar-refractivity contribution is -0.129. The summed E-state index contributed by atoms with van der Waals surface area (Å²) in [6, 6.07) is 3.44. The molecule has 0 saturated carbocycles. The number of ether oxygens (including phenoxy) is 1. The number of phenolic OH excluding ortho intramolecular Hbond substituents is 1. The number of unbranched alkanes of at least 4 members (excludes halogenated alkanes) is 1. The number of phenols is 1. The molecule has 0 atom stereocenters. The van der Waals surface area contributed by atoms with Gasteiger partial charge in [-0.3, -0.25) is 4.79 Å². The summed E-state index contributed by atoms with van der Waals surface area (Å²) in [6.07, 6.45) is 3.10. The molecule has 0 saturated heterocycles. The maximum absolute atomic E-state index is 12.0. The number of anilines is 1. The van der Waals surface area contributed by atoms with Gasteiger partial charge in [-0.15, -0.1) is 0 Å². The molecule has 0 radical (unpaired) electrons. The Kier molecular flexibility index (Phi) is 6.85. The van der Waals surface area contributed by atoms with Gasteiger partial charge in [0, 0.05) is 20.0 Å². The fourth-order valence-corrected chi connectivity index (χ4v) is 2.06. The molecule has 21 heavy (non-hydrogen) atoms. The van der Waals surface area contributed by atoms with Crippen molar-refractivity contribution in [2.45, 2.75) is 39.5 Å². The first-order chi connectivity index (χ1) is 9.99. The molecule has 1 rings (SSSR count). The quantitative estimate of drug-likeness (QED) is 0.571. The molecule has 5 heteroatoms. The van der Waals surface area contributed by atoms with Gasteiger partial charge in [0.15, 0.2) is 11.5 Å². The fourth-order valence-electron chi connectivity index (χ4n) is 2.06. The van der Waals surface area contributed by atoms with Gasteiger partial charge in [0.1, 0.15) is 0 Å². The van der Waals surface area contributed by atoms with Crippen molar-refractivity contribution in [2.24, 2.45) is 0 Å². The molecule has 0 aliphatic rings. The highest BCUT2D eigenvalue weighted by Gasteiger charge is 2.12. The van der Waals surface area contributed by atoms with Gasteiger partial charge in [0.25, 0.3) is 0 Å². The number of nitrogen functional groups attached to an aromatic ring is 1. The first kappa shape index (κ1) is 17.1. The van der Waals surface area contributed by atoms with E-state index in [9.17, 15) is 9.90 Å². The summed E-state index contributed by atoms with van der Waals surface area (Å²) >= 11 is 0. The molecule has 0 spiro atoms. The van der Waals surface area contributed by atoms with Crippen LogP contribution in [0.1, 0.15) is 38.7 Å². The number of rotatable bonds is 8. The van der Waals surface area contributed by atoms with Gasteiger partial charge in [0.05, 0.1) is 12.3 Å². The van der Waals surface area contributed by atoms with Crippen LogP contribution in [0.3, 0.4) is 0 Å². The van der Waals surface area contributed by atoms with Gasteiger partial charge < -0.3 is 20.5 Å². The van der Waals surface area contributed by atoms with Gasteiger partial charge in [0.2, 0.25) is 5.91 Å². The molecule has 0 aliphatic heterocycles. The summed E-state index contributed by atoms with van der Waals surface area (Å²) in [4.78, 5) is 13.8. The maximum atomic E-state index is 12.0. The molecule has 3 N–H and O–H groups in total. The van der Waals surface area contributed by atoms with Crippen LogP contribution in [0.2, 0.25) is 0 Å². The lowest BCUT2D eigenvalue weighted by Crippen LogP contribution is -2.27. The number of hydrogen-bond acceptors (Lipinski definition) is 4. The molecule has 118 valence electrons. The second-order valence-corrected chi connectivity index (χ2v) is 5.13. The summed E-state index contributed by atoms with van der Waals surface area (Å²) < 4.78 is 5.34. The molecule has 0 fully saturated rings. The first-order valence-electron chi connectivity index (χ1n) is 7.47. The number of hydrogen-bond donors (Lipinski definition) is 2. The third-order valence-electron chi connectivity index (χ3n) is 3.36. The minimum atomic E-state index is -0.0352. The minimum absolute atomic E-state index is 0.0352. The van der Waals surface area contributed by atoms with Crippen molar-refractivity contribution in [3.05, 3.63) is 17.7 Å². The number of benzene rings is 1. The SMILES string of the molecule is CCCCN(C)C(=O)CCc1cc(N)c(O)c(OCC)c1. The Balaban J connectivity index is 2.64. The largest absolute Gasteiger partial charge is 0.503 e. The number of aromatic hydroxyl groups is 1. The molecule has 5 nitrogen and oxygen atoms in total. The molecular weight excluding hydrogens is 268 g/mol. The molecule has 1 aromatic rings. The maximum Gasteiger partial charge on any atom is 0.222 e. The number of aryl methyl sites for hydroxylation is 1.